The lowest BCUT2D eigenvalue weighted by Crippen LogP contribution is -2.54. The monoisotopic (exact) mass is 460 g/mol. The lowest BCUT2D eigenvalue weighted by molar-refractivity contribution is -0.137. The van der Waals surface area contributed by atoms with Gasteiger partial charge in [-0.05, 0) is 68.1 Å². The van der Waals surface area contributed by atoms with Crippen molar-refractivity contribution < 1.29 is 27.4 Å². The second-order valence-corrected chi connectivity index (χ2v) is 9.43. The Morgan fingerprint density at radius 1 is 1.15 bits per heavy atom. The van der Waals surface area contributed by atoms with Gasteiger partial charge in [-0.15, -0.1) is 0 Å². The summed E-state index contributed by atoms with van der Waals surface area (Å²) in [7, 11) is 0. The number of ether oxygens (including phenoxy) is 2. The van der Waals surface area contributed by atoms with Crippen molar-refractivity contribution in [1.29, 1.82) is 0 Å². The Kier molecular flexibility index (Phi) is 5.51. The minimum Gasteiger partial charge on any atom is -0.493 e. The number of hydrogen-bond acceptors (Lipinski definition) is 4. The number of halogens is 3. The number of rotatable bonds is 3. The SMILES string of the molecule is CC1(NC(=O)O[C@H]2CN3CCC2CC3)CCOc2cc(-c3cccc(C(F)(F)F)c3)ccc21. The Balaban J connectivity index is 1.34. The maximum Gasteiger partial charge on any atom is 0.416 e. The van der Waals surface area contributed by atoms with Gasteiger partial charge in [0.25, 0.3) is 0 Å². The Morgan fingerprint density at radius 2 is 1.91 bits per heavy atom. The average Bonchev–Trinajstić information content (AvgIpc) is 2.79. The van der Waals surface area contributed by atoms with Gasteiger partial charge in [0.2, 0.25) is 0 Å². The maximum atomic E-state index is 13.1. The van der Waals surface area contributed by atoms with E-state index in [1.807, 2.05) is 13.0 Å². The largest absolute Gasteiger partial charge is 0.493 e. The normalized spacial score (nSPS) is 28.5. The molecule has 5 nitrogen and oxygen atoms in total. The summed E-state index contributed by atoms with van der Waals surface area (Å²) >= 11 is 0. The van der Waals surface area contributed by atoms with Crippen LogP contribution in [0, 0.1) is 5.92 Å². The molecule has 0 aliphatic carbocycles. The van der Waals surface area contributed by atoms with Crippen molar-refractivity contribution >= 4 is 6.09 Å². The molecule has 176 valence electrons. The first-order valence-electron chi connectivity index (χ1n) is 11.4. The first kappa shape index (κ1) is 22.1. The molecule has 3 saturated heterocycles. The molecular weight excluding hydrogens is 433 g/mol. The van der Waals surface area contributed by atoms with E-state index >= 15 is 0 Å². The van der Waals surface area contributed by atoms with E-state index in [0.717, 1.165) is 50.2 Å². The van der Waals surface area contributed by atoms with Gasteiger partial charge in [0.15, 0.2) is 0 Å². The minimum absolute atomic E-state index is 0.0845. The highest BCUT2D eigenvalue weighted by Gasteiger charge is 2.39. The smallest absolute Gasteiger partial charge is 0.416 e. The Labute approximate surface area is 190 Å². The molecule has 1 amide bonds. The molecule has 0 spiro atoms. The van der Waals surface area contributed by atoms with Crippen LogP contribution in [0.3, 0.4) is 0 Å². The molecule has 4 aliphatic rings. The molecule has 2 bridgehead atoms. The van der Waals surface area contributed by atoms with Gasteiger partial charge < -0.3 is 14.8 Å². The first-order chi connectivity index (χ1) is 15.7. The van der Waals surface area contributed by atoms with Gasteiger partial charge in [-0.1, -0.05) is 24.3 Å². The van der Waals surface area contributed by atoms with Crippen molar-refractivity contribution in [2.24, 2.45) is 5.92 Å². The van der Waals surface area contributed by atoms with Crippen LogP contribution in [-0.4, -0.2) is 43.3 Å². The first-order valence-corrected chi connectivity index (χ1v) is 11.4. The van der Waals surface area contributed by atoms with Gasteiger partial charge in [0, 0.05) is 18.5 Å². The van der Waals surface area contributed by atoms with Crippen LogP contribution in [0.1, 0.15) is 37.3 Å². The summed E-state index contributed by atoms with van der Waals surface area (Å²) < 4.78 is 51.0. The van der Waals surface area contributed by atoms with Crippen molar-refractivity contribution in [2.75, 3.05) is 26.2 Å². The van der Waals surface area contributed by atoms with Gasteiger partial charge in [-0.2, -0.15) is 13.2 Å². The van der Waals surface area contributed by atoms with E-state index in [-0.39, 0.29) is 6.10 Å². The molecule has 6 rings (SSSR count). The molecule has 2 atom stereocenters. The number of carbonyl (C=O) groups is 1. The van der Waals surface area contributed by atoms with Crippen LogP contribution in [0.15, 0.2) is 42.5 Å². The van der Waals surface area contributed by atoms with Crippen LogP contribution < -0.4 is 10.1 Å². The van der Waals surface area contributed by atoms with E-state index in [9.17, 15) is 18.0 Å². The summed E-state index contributed by atoms with van der Waals surface area (Å²) in [5.74, 6) is 0.979. The molecule has 33 heavy (non-hydrogen) atoms. The zero-order valence-electron chi connectivity index (χ0n) is 18.5. The maximum absolute atomic E-state index is 13.1. The van der Waals surface area contributed by atoms with Gasteiger partial charge in [0.05, 0.1) is 17.7 Å². The molecular formula is C25H27F3N2O3. The van der Waals surface area contributed by atoms with Crippen LogP contribution in [0.5, 0.6) is 5.75 Å². The van der Waals surface area contributed by atoms with Gasteiger partial charge >= 0.3 is 12.3 Å². The molecule has 1 unspecified atom stereocenters. The molecule has 0 radical (unpaired) electrons. The summed E-state index contributed by atoms with van der Waals surface area (Å²) in [5.41, 5.74) is 0.485. The van der Waals surface area contributed by atoms with Crippen LogP contribution in [-0.2, 0) is 16.5 Å². The molecule has 4 heterocycles. The minimum atomic E-state index is -4.40. The fourth-order valence-corrected chi connectivity index (χ4v) is 5.22. The molecule has 2 aromatic carbocycles. The highest BCUT2D eigenvalue weighted by Crippen LogP contribution is 2.40. The molecule has 0 aromatic heterocycles. The number of hydrogen-bond donors (Lipinski definition) is 1. The zero-order chi connectivity index (χ0) is 23.2. The lowest BCUT2D eigenvalue weighted by atomic mass is 9.85. The quantitative estimate of drug-likeness (QED) is 0.685. The van der Waals surface area contributed by atoms with Crippen LogP contribution in [0.2, 0.25) is 0 Å². The molecule has 8 heteroatoms. The van der Waals surface area contributed by atoms with Crippen molar-refractivity contribution in [2.45, 2.75) is 44.0 Å². The number of amides is 1. The van der Waals surface area contributed by atoms with Crippen molar-refractivity contribution in [1.82, 2.24) is 10.2 Å². The summed E-state index contributed by atoms with van der Waals surface area (Å²) in [6.07, 6.45) is -2.24. The average molecular weight is 460 g/mol. The van der Waals surface area contributed by atoms with Crippen LogP contribution in [0.25, 0.3) is 11.1 Å². The number of nitrogens with one attached hydrogen (secondary N) is 1. The van der Waals surface area contributed by atoms with E-state index < -0.39 is 23.4 Å². The topological polar surface area (TPSA) is 50.8 Å². The second kappa shape index (κ2) is 8.24. The number of alkyl halides is 3. The second-order valence-electron chi connectivity index (χ2n) is 9.43. The predicted octanol–water partition coefficient (Wildman–Crippen LogP) is 5.19. The lowest BCUT2D eigenvalue weighted by Gasteiger charge is -2.44. The fraction of sp³-hybridized carbons (Fsp3) is 0.480. The van der Waals surface area contributed by atoms with E-state index in [0.29, 0.717) is 35.8 Å². The zero-order valence-corrected chi connectivity index (χ0v) is 18.5. The number of fused-ring (bicyclic) bond motifs is 4. The van der Waals surface area contributed by atoms with Gasteiger partial charge in [-0.25, -0.2) is 4.79 Å². The molecule has 0 saturated carbocycles. The Bertz CT molecular complexity index is 1050. The summed E-state index contributed by atoms with van der Waals surface area (Å²) in [5, 5.41) is 3.04. The van der Waals surface area contributed by atoms with Crippen LogP contribution in [0.4, 0.5) is 18.0 Å². The van der Waals surface area contributed by atoms with E-state index in [4.69, 9.17) is 9.47 Å². The third kappa shape index (κ3) is 4.40. The standard InChI is InChI=1S/C25H27F3N2O3/c1-24(29-23(31)33-22-15-30-10-7-16(22)8-11-30)9-12-32-21-14-18(5-6-20(21)24)17-3-2-4-19(13-17)25(26,27)28/h2-6,13-14,16,22H,7-12,15H2,1H3,(H,29,31)/t22-,24?/m0/s1. The molecule has 1 N–H and O–H groups in total. The third-order valence-corrected chi connectivity index (χ3v) is 7.19. The number of carbonyl (C=O) groups excluding carboxylic acids is 1. The van der Waals surface area contributed by atoms with E-state index in [1.165, 1.54) is 6.07 Å². The summed E-state index contributed by atoms with van der Waals surface area (Å²) in [6.45, 7) is 5.24. The van der Waals surface area contributed by atoms with Gasteiger partial charge in [-0.3, -0.25) is 4.90 Å². The number of alkyl carbamates (subject to hydrolysis) is 1. The Hall–Kier alpha value is -2.74. The highest BCUT2D eigenvalue weighted by atomic mass is 19.4. The summed E-state index contributed by atoms with van der Waals surface area (Å²) in [6, 6.07) is 10.5. The van der Waals surface area contributed by atoms with Crippen LogP contribution >= 0.6 is 0 Å². The number of piperidine rings is 3. The van der Waals surface area contributed by atoms with Gasteiger partial charge in [0.1, 0.15) is 11.9 Å². The van der Waals surface area contributed by atoms with Crippen molar-refractivity contribution in [3.8, 4) is 16.9 Å². The van der Waals surface area contributed by atoms with Crippen molar-refractivity contribution in [3.05, 3.63) is 53.6 Å². The molecule has 2 aromatic rings. The number of benzene rings is 2. The predicted molar refractivity (Wildman–Crippen MR) is 117 cm³/mol. The highest BCUT2D eigenvalue weighted by molar-refractivity contribution is 5.71. The fourth-order valence-electron chi connectivity index (χ4n) is 5.22. The van der Waals surface area contributed by atoms with E-state index in [2.05, 4.69) is 10.2 Å². The third-order valence-electron chi connectivity index (χ3n) is 7.19. The van der Waals surface area contributed by atoms with Crippen molar-refractivity contribution in [3.63, 3.8) is 0 Å². The molecule has 4 aliphatic heterocycles. The Morgan fingerprint density at radius 3 is 2.61 bits per heavy atom. The summed E-state index contributed by atoms with van der Waals surface area (Å²) in [4.78, 5) is 15.1. The molecule has 3 fully saturated rings. The van der Waals surface area contributed by atoms with E-state index in [1.54, 1.807) is 18.2 Å². The number of nitrogens with zero attached hydrogens (tertiary/aromatic N) is 1.